The number of nitrogens with one attached hydrogen (secondary N) is 1. The van der Waals surface area contributed by atoms with Gasteiger partial charge in [-0.05, 0) is 18.8 Å². The summed E-state index contributed by atoms with van der Waals surface area (Å²) in [6.45, 7) is -1.51. The molecule has 16 heavy (non-hydrogen) atoms. The van der Waals surface area contributed by atoms with Crippen LogP contribution in [0.4, 0.5) is 13.2 Å². The molecule has 1 saturated carbocycles. The lowest BCUT2D eigenvalue weighted by atomic mass is 10.3. The van der Waals surface area contributed by atoms with Gasteiger partial charge in [-0.15, -0.1) is 0 Å². The first-order valence-electron chi connectivity index (χ1n) is 4.94. The van der Waals surface area contributed by atoms with Gasteiger partial charge >= 0.3 is 6.18 Å². The number of hydrogen-bond acceptors (Lipinski definition) is 2. The fourth-order valence-electron chi connectivity index (χ4n) is 1.15. The first kappa shape index (κ1) is 13.8. The van der Waals surface area contributed by atoms with Gasteiger partial charge in [0.05, 0.1) is 0 Å². The summed E-state index contributed by atoms with van der Waals surface area (Å²) in [5.41, 5.74) is 0. The fraction of sp³-hybridized carbons (Fsp3) is 0.889. The molecule has 0 bridgehead atoms. The Bertz CT molecular complexity index is 243. The van der Waals surface area contributed by atoms with Gasteiger partial charge in [0.15, 0.2) is 0 Å². The normalized spacial score (nSPS) is 18.2. The molecular weight excluding hydrogens is 291 g/mol. The third-order valence-electron chi connectivity index (χ3n) is 2.13. The molecule has 94 valence electrons. The summed E-state index contributed by atoms with van der Waals surface area (Å²) >= 11 is 3.40. The second kappa shape index (κ2) is 5.86. The van der Waals surface area contributed by atoms with Gasteiger partial charge in [0, 0.05) is 11.4 Å². The summed E-state index contributed by atoms with van der Waals surface area (Å²) in [4.78, 5) is 11.3. The first-order valence-corrected chi connectivity index (χ1v) is 5.85. The zero-order chi connectivity index (χ0) is 12.2. The molecule has 1 N–H and O–H groups in total. The lowest BCUT2D eigenvalue weighted by Gasteiger charge is -2.11. The quantitative estimate of drug-likeness (QED) is 0.761. The smallest absolute Gasteiger partial charge is 0.362 e. The Morgan fingerprint density at radius 1 is 1.50 bits per heavy atom. The lowest BCUT2D eigenvalue weighted by Crippen LogP contribution is -2.34. The Hall–Kier alpha value is -0.300. The minimum absolute atomic E-state index is 0.207. The minimum Gasteiger partial charge on any atom is -0.362 e. The number of ether oxygens (including phenoxy) is 1. The van der Waals surface area contributed by atoms with E-state index < -0.39 is 25.3 Å². The molecule has 0 radical (unpaired) electrons. The van der Waals surface area contributed by atoms with E-state index in [0.717, 1.165) is 12.8 Å². The molecule has 1 rings (SSSR count). The number of hydrogen-bond donors (Lipinski definition) is 1. The van der Waals surface area contributed by atoms with E-state index in [-0.39, 0.29) is 4.83 Å². The number of carbonyl (C=O) groups is 1. The number of rotatable bonds is 6. The highest BCUT2D eigenvalue weighted by Gasteiger charge is 2.30. The van der Waals surface area contributed by atoms with Crippen LogP contribution < -0.4 is 5.32 Å². The van der Waals surface area contributed by atoms with Crippen LogP contribution in [0.5, 0.6) is 0 Å². The van der Waals surface area contributed by atoms with E-state index in [1.807, 2.05) is 0 Å². The molecule has 0 aromatic heterocycles. The van der Waals surface area contributed by atoms with Gasteiger partial charge in [-0.25, -0.2) is 0 Å². The number of carbonyl (C=O) groups excluding carboxylic acids is 1. The van der Waals surface area contributed by atoms with E-state index in [2.05, 4.69) is 26.0 Å². The highest BCUT2D eigenvalue weighted by molar-refractivity contribution is 9.09. The van der Waals surface area contributed by atoms with E-state index in [9.17, 15) is 18.0 Å². The maximum absolute atomic E-state index is 11.7. The topological polar surface area (TPSA) is 38.3 Å². The highest BCUT2D eigenvalue weighted by atomic mass is 79.9. The van der Waals surface area contributed by atoms with Gasteiger partial charge in [0.2, 0.25) is 5.91 Å². The summed E-state index contributed by atoms with van der Waals surface area (Å²) in [7, 11) is 0. The summed E-state index contributed by atoms with van der Waals surface area (Å²) in [6.07, 6.45) is -2.11. The van der Waals surface area contributed by atoms with Crippen molar-refractivity contribution in [2.24, 2.45) is 5.92 Å². The van der Waals surface area contributed by atoms with Crippen LogP contribution in [0.3, 0.4) is 0 Å². The van der Waals surface area contributed by atoms with Crippen LogP contribution in [-0.2, 0) is 9.53 Å². The standard InChI is InChI=1S/C9H13BrF3NO2/c10-7(6-1-2-6)3-14-8(15)4-16-5-9(11,12)13/h6-7H,1-5H2,(H,14,15). The molecule has 1 aliphatic rings. The van der Waals surface area contributed by atoms with Crippen LogP contribution in [-0.4, -0.2) is 36.7 Å². The summed E-state index contributed by atoms with van der Waals surface area (Å²) in [5, 5.41) is 2.51. The largest absolute Gasteiger partial charge is 0.411 e. The van der Waals surface area contributed by atoms with Crippen LogP contribution in [0, 0.1) is 5.92 Å². The van der Waals surface area contributed by atoms with Gasteiger partial charge in [-0.3, -0.25) is 4.79 Å². The van der Waals surface area contributed by atoms with Crippen LogP contribution in [0.25, 0.3) is 0 Å². The van der Waals surface area contributed by atoms with Crippen molar-refractivity contribution in [3.8, 4) is 0 Å². The van der Waals surface area contributed by atoms with Gasteiger partial charge in [-0.2, -0.15) is 13.2 Å². The van der Waals surface area contributed by atoms with Crippen molar-refractivity contribution in [1.29, 1.82) is 0 Å². The van der Waals surface area contributed by atoms with Crippen molar-refractivity contribution in [3.63, 3.8) is 0 Å². The Morgan fingerprint density at radius 3 is 2.62 bits per heavy atom. The molecule has 1 unspecified atom stereocenters. The molecule has 1 atom stereocenters. The van der Waals surface area contributed by atoms with Crippen molar-refractivity contribution in [2.75, 3.05) is 19.8 Å². The Kier molecular flexibility index (Phi) is 5.04. The van der Waals surface area contributed by atoms with Gasteiger partial charge in [0.25, 0.3) is 0 Å². The van der Waals surface area contributed by atoms with Crippen molar-refractivity contribution >= 4 is 21.8 Å². The van der Waals surface area contributed by atoms with E-state index >= 15 is 0 Å². The average Bonchev–Trinajstić information content (AvgIpc) is 2.95. The predicted molar refractivity (Wildman–Crippen MR) is 55.3 cm³/mol. The van der Waals surface area contributed by atoms with Crippen LogP contribution in [0.15, 0.2) is 0 Å². The second-order valence-corrected chi connectivity index (χ2v) is 4.94. The lowest BCUT2D eigenvalue weighted by molar-refractivity contribution is -0.175. The van der Waals surface area contributed by atoms with E-state index in [1.165, 1.54) is 0 Å². The van der Waals surface area contributed by atoms with Gasteiger partial charge < -0.3 is 10.1 Å². The highest BCUT2D eigenvalue weighted by Crippen LogP contribution is 2.36. The Labute approximate surface area is 99.8 Å². The maximum atomic E-state index is 11.7. The molecule has 0 aliphatic heterocycles. The molecule has 3 nitrogen and oxygen atoms in total. The SMILES string of the molecule is O=C(COCC(F)(F)F)NCC(Br)C1CC1. The molecule has 0 aromatic rings. The molecule has 0 heterocycles. The average molecular weight is 304 g/mol. The van der Waals surface area contributed by atoms with Gasteiger partial charge in [-0.1, -0.05) is 15.9 Å². The minimum atomic E-state index is -4.38. The summed E-state index contributed by atoms with van der Waals surface area (Å²) < 4.78 is 39.2. The fourth-order valence-corrected chi connectivity index (χ4v) is 1.84. The van der Waals surface area contributed by atoms with Crippen molar-refractivity contribution < 1.29 is 22.7 Å². The monoisotopic (exact) mass is 303 g/mol. The van der Waals surface area contributed by atoms with Gasteiger partial charge in [0.1, 0.15) is 13.2 Å². The summed E-state index contributed by atoms with van der Waals surface area (Å²) in [6, 6.07) is 0. The summed E-state index contributed by atoms with van der Waals surface area (Å²) in [5.74, 6) is 0.0609. The number of halogens is 4. The maximum Gasteiger partial charge on any atom is 0.411 e. The number of alkyl halides is 4. The molecule has 0 aromatic carbocycles. The molecule has 1 amide bonds. The predicted octanol–water partition coefficient (Wildman–Crippen LogP) is 1.86. The van der Waals surface area contributed by atoms with Crippen LogP contribution in [0.2, 0.25) is 0 Å². The second-order valence-electron chi connectivity index (χ2n) is 3.77. The Balaban J connectivity index is 2.02. The molecule has 0 saturated heterocycles. The van der Waals surface area contributed by atoms with E-state index in [1.54, 1.807) is 0 Å². The number of amides is 1. The van der Waals surface area contributed by atoms with Crippen LogP contribution >= 0.6 is 15.9 Å². The van der Waals surface area contributed by atoms with E-state index in [0.29, 0.717) is 12.5 Å². The zero-order valence-electron chi connectivity index (χ0n) is 8.52. The molecule has 7 heteroatoms. The Morgan fingerprint density at radius 2 is 2.12 bits per heavy atom. The van der Waals surface area contributed by atoms with E-state index in [4.69, 9.17) is 0 Å². The molecule has 0 spiro atoms. The van der Waals surface area contributed by atoms with Crippen molar-refractivity contribution in [2.45, 2.75) is 23.8 Å². The van der Waals surface area contributed by atoms with Crippen molar-refractivity contribution in [3.05, 3.63) is 0 Å². The zero-order valence-corrected chi connectivity index (χ0v) is 10.1. The third-order valence-corrected chi connectivity index (χ3v) is 3.20. The van der Waals surface area contributed by atoms with Crippen LogP contribution in [0.1, 0.15) is 12.8 Å². The molecule has 1 fully saturated rings. The first-order chi connectivity index (χ1) is 7.38. The molecular formula is C9H13BrF3NO2. The third kappa shape index (κ3) is 6.32. The molecule has 1 aliphatic carbocycles. The van der Waals surface area contributed by atoms with Crippen molar-refractivity contribution in [1.82, 2.24) is 5.32 Å².